The molecule has 446 valence electrons. The minimum absolute atomic E-state index is 0.0611. The Morgan fingerprint density at radius 3 is 0.533 bits per heavy atom. The Kier molecular flexibility index (Phi) is 63.6. The van der Waals surface area contributed by atoms with Gasteiger partial charge in [0.25, 0.3) is 0 Å². The van der Waals surface area contributed by atoms with Crippen LogP contribution >= 0.6 is 0 Å². The minimum Gasteiger partial charge on any atom is -0.462 e. The number of unbranched alkanes of at least 4 members (excludes halogenated alkanes) is 54. The molecule has 1 atom stereocenters. The predicted molar refractivity (Wildman–Crippen MR) is 326 cm³/mol. The van der Waals surface area contributed by atoms with E-state index in [9.17, 15) is 14.4 Å². The molecule has 0 aliphatic rings. The zero-order chi connectivity index (χ0) is 54.3. The third kappa shape index (κ3) is 63.1. The van der Waals surface area contributed by atoms with E-state index >= 15 is 0 Å². The Bertz CT molecular complexity index is 1120. The van der Waals surface area contributed by atoms with Crippen LogP contribution in [0.25, 0.3) is 0 Å². The maximum absolute atomic E-state index is 12.8. The van der Waals surface area contributed by atoms with Crippen LogP contribution in [0, 0.1) is 0 Å². The van der Waals surface area contributed by atoms with Crippen molar-refractivity contribution in [3.8, 4) is 0 Å². The lowest BCUT2D eigenvalue weighted by Crippen LogP contribution is -2.30. The number of esters is 3. The van der Waals surface area contributed by atoms with Gasteiger partial charge >= 0.3 is 17.9 Å². The van der Waals surface area contributed by atoms with Gasteiger partial charge in [0.2, 0.25) is 0 Å². The summed E-state index contributed by atoms with van der Waals surface area (Å²) in [5.74, 6) is -0.831. The van der Waals surface area contributed by atoms with Gasteiger partial charge in [-0.3, -0.25) is 14.4 Å². The molecule has 0 aliphatic heterocycles. The third-order valence-corrected chi connectivity index (χ3v) is 16.1. The molecule has 75 heavy (non-hydrogen) atoms. The fourth-order valence-electron chi connectivity index (χ4n) is 10.9. The Hall–Kier alpha value is -1.59. The molecular weight excluding hydrogens is 925 g/mol. The van der Waals surface area contributed by atoms with E-state index in [2.05, 4.69) is 20.8 Å². The highest BCUT2D eigenvalue weighted by Gasteiger charge is 2.19. The molecule has 0 radical (unpaired) electrons. The maximum Gasteiger partial charge on any atom is 0.306 e. The summed E-state index contributed by atoms with van der Waals surface area (Å²) < 4.78 is 16.9. The number of ether oxygens (including phenoxy) is 3. The fourth-order valence-corrected chi connectivity index (χ4v) is 10.9. The van der Waals surface area contributed by atoms with Crippen molar-refractivity contribution in [1.29, 1.82) is 0 Å². The van der Waals surface area contributed by atoms with E-state index in [0.717, 1.165) is 57.8 Å². The number of carbonyl (C=O) groups excluding carboxylic acids is 3. The van der Waals surface area contributed by atoms with Crippen molar-refractivity contribution >= 4 is 17.9 Å². The lowest BCUT2D eigenvalue weighted by Gasteiger charge is -2.18. The largest absolute Gasteiger partial charge is 0.462 e. The lowest BCUT2D eigenvalue weighted by molar-refractivity contribution is -0.167. The third-order valence-electron chi connectivity index (χ3n) is 16.1. The van der Waals surface area contributed by atoms with Crippen LogP contribution in [0.3, 0.4) is 0 Å². The van der Waals surface area contributed by atoms with E-state index in [0.29, 0.717) is 19.3 Å². The van der Waals surface area contributed by atoms with Crippen LogP contribution in [0.15, 0.2) is 0 Å². The van der Waals surface area contributed by atoms with Crippen molar-refractivity contribution in [3.05, 3.63) is 0 Å². The second-order valence-electron chi connectivity index (χ2n) is 23.8. The molecule has 0 saturated heterocycles. The van der Waals surface area contributed by atoms with Crippen LogP contribution in [0.4, 0.5) is 0 Å². The first-order valence-corrected chi connectivity index (χ1v) is 34.5. The molecule has 1 unspecified atom stereocenters. The molecule has 0 saturated carbocycles. The number of rotatable bonds is 65. The molecule has 0 rings (SSSR count). The average molecular weight is 1060 g/mol. The first-order valence-electron chi connectivity index (χ1n) is 34.5. The summed E-state index contributed by atoms with van der Waals surface area (Å²) in [4.78, 5) is 38.2. The predicted octanol–water partition coefficient (Wildman–Crippen LogP) is 23.5. The summed E-state index contributed by atoms with van der Waals surface area (Å²) in [5.41, 5.74) is 0. The van der Waals surface area contributed by atoms with Crippen molar-refractivity contribution in [2.45, 2.75) is 412 Å². The van der Waals surface area contributed by atoms with Crippen LogP contribution in [0.5, 0.6) is 0 Å². The zero-order valence-electron chi connectivity index (χ0n) is 51.4. The lowest BCUT2D eigenvalue weighted by atomic mass is 10.0. The van der Waals surface area contributed by atoms with Gasteiger partial charge in [-0.25, -0.2) is 0 Å². The van der Waals surface area contributed by atoms with Crippen molar-refractivity contribution in [2.75, 3.05) is 13.2 Å². The summed E-state index contributed by atoms with van der Waals surface area (Å²) in [7, 11) is 0. The Morgan fingerprint density at radius 2 is 0.360 bits per heavy atom. The second-order valence-corrected chi connectivity index (χ2v) is 23.8. The Morgan fingerprint density at radius 1 is 0.213 bits per heavy atom. The van der Waals surface area contributed by atoms with E-state index in [1.165, 1.54) is 308 Å². The molecule has 0 amide bonds. The molecule has 0 N–H and O–H groups in total. The van der Waals surface area contributed by atoms with Crippen LogP contribution in [-0.2, 0) is 28.6 Å². The van der Waals surface area contributed by atoms with Gasteiger partial charge in [-0.05, 0) is 19.3 Å². The molecular formula is C69H134O6. The van der Waals surface area contributed by atoms with Crippen molar-refractivity contribution in [1.82, 2.24) is 0 Å². The molecule has 0 aromatic carbocycles. The van der Waals surface area contributed by atoms with E-state index in [4.69, 9.17) is 14.2 Å². The highest BCUT2D eigenvalue weighted by atomic mass is 16.6. The fraction of sp³-hybridized carbons (Fsp3) is 0.957. The molecule has 0 spiro atoms. The summed E-state index contributed by atoms with van der Waals surface area (Å²) in [6, 6.07) is 0. The highest BCUT2D eigenvalue weighted by Crippen LogP contribution is 2.19. The maximum atomic E-state index is 12.8. The smallest absolute Gasteiger partial charge is 0.306 e. The van der Waals surface area contributed by atoms with Crippen LogP contribution in [0.2, 0.25) is 0 Å². The summed E-state index contributed by atoms with van der Waals surface area (Å²) in [6.45, 7) is 6.70. The SMILES string of the molecule is CCCCCCCCCCCCCCCCCCCCCCCCCCCCCCCCCCCCC(=O)OCC(COC(=O)CCCCCCCCCCCCC)OC(=O)CCCCCCCCCCCCCC. The van der Waals surface area contributed by atoms with E-state index < -0.39 is 6.10 Å². The first kappa shape index (κ1) is 73.4. The van der Waals surface area contributed by atoms with Gasteiger partial charge < -0.3 is 14.2 Å². The van der Waals surface area contributed by atoms with Gasteiger partial charge in [0.05, 0.1) is 0 Å². The van der Waals surface area contributed by atoms with Gasteiger partial charge in [-0.15, -0.1) is 0 Å². The highest BCUT2D eigenvalue weighted by molar-refractivity contribution is 5.71. The van der Waals surface area contributed by atoms with Crippen LogP contribution in [-0.4, -0.2) is 37.2 Å². The quantitative estimate of drug-likeness (QED) is 0.0343. The first-order chi connectivity index (χ1) is 37.0. The van der Waals surface area contributed by atoms with Crippen LogP contribution < -0.4 is 0 Å². The van der Waals surface area contributed by atoms with Crippen molar-refractivity contribution in [3.63, 3.8) is 0 Å². The van der Waals surface area contributed by atoms with E-state index in [1.807, 2.05) is 0 Å². The van der Waals surface area contributed by atoms with E-state index in [1.54, 1.807) is 0 Å². The zero-order valence-corrected chi connectivity index (χ0v) is 51.4. The van der Waals surface area contributed by atoms with Gasteiger partial charge in [0.15, 0.2) is 6.10 Å². The molecule has 0 fully saturated rings. The summed E-state index contributed by atoms with van der Waals surface area (Å²) in [5, 5.41) is 0. The van der Waals surface area contributed by atoms with Crippen molar-refractivity contribution in [2.24, 2.45) is 0 Å². The molecule has 6 nitrogen and oxygen atoms in total. The molecule has 0 aromatic heterocycles. The van der Waals surface area contributed by atoms with Gasteiger partial charge in [0.1, 0.15) is 13.2 Å². The number of hydrogen-bond acceptors (Lipinski definition) is 6. The standard InChI is InChI=1S/C69H134O6/c1-4-7-10-13-16-19-22-24-25-26-27-28-29-30-31-32-33-34-35-36-37-38-39-40-41-42-43-44-45-48-50-53-56-59-62-68(71)74-65-66(64-73-67(70)61-58-55-52-49-46-21-18-15-12-9-6-3)75-69(72)63-60-57-54-51-47-23-20-17-14-11-8-5-2/h66H,4-65H2,1-3H3. The molecule has 6 heteroatoms. The van der Waals surface area contributed by atoms with Gasteiger partial charge in [0, 0.05) is 19.3 Å². The van der Waals surface area contributed by atoms with Gasteiger partial charge in [-0.2, -0.15) is 0 Å². The Labute approximate surface area is 469 Å². The number of hydrogen-bond donors (Lipinski definition) is 0. The average Bonchev–Trinajstić information content (AvgIpc) is 3.41. The van der Waals surface area contributed by atoms with Crippen LogP contribution in [0.1, 0.15) is 406 Å². The topological polar surface area (TPSA) is 78.9 Å². The van der Waals surface area contributed by atoms with E-state index in [-0.39, 0.29) is 31.1 Å². The Balaban J connectivity index is 3.93. The van der Waals surface area contributed by atoms with Crippen molar-refractivity contribution < 1.29 is 28.6 Å². The minimum atomic E-state index is -0.761. The normalized spacial score (nSPS) is 11.9. The monoisotopic (exact) mass is 1060 g/mol. The van der Waals surface area contributed by atoms with Gasteiger partial charge in [-0.1, -0.05) is 367 Å². The second kappa shape index (κ2) is 64.9. The summed E-state index contributed by atoms with van der Waals surface area (Å²) in [6.07, 6.45) is 75.9. The molecule has 0 aliphatic carbocycles. The molecule has 0 bridgehead atoms. The summed E-state index contributed by atoms with van der Waals surface area (Å²) >= 11 is 0. The number of carbonyl (C=O) groups is 3. The molecule has 0 aromatic rings. The molecule has 0 heterocycles.